The molecule has 0 amide bonds. The van der Waals surface area contributed by atoms with Gasteiger partial charge < -0.3 is 0 Å². The Hall–Kier alpha value is -0.000260. The molecule has 0 saturated heterocycles. The van der Waals surface area contributed by atoms with E-state index in [1.54, 1.807) is 0 Å². The zero-order chi connectivity index (χ0) is 14.5. The molecule has 0 aromatic carbocycles. The fraction of sp³-hybridized carbons (Fsp3) is 0.733. The molecule has 0 aliphatic heterocycles. The summed E-state index contributed by atoms with van der Waals surface area (Å²) in [6, 6.07) is 5.82. The van der Waals surface area contributed by atoms with Crippen molar-refractivity contribution in [3.63, 3.8) is 0 Å². The number of nitrogens with two attached hydrogens (primary N) is 1. The Morgan fingerprint density at radius 2 is 1.68 bits per heavy atom. The molecule has 2 N–H and O–H groups in total. The molecule has 0 unspecified atom stereocenters. The molecular formula is C15H31GeNOSi. The summed E-state index contributed by atoms with van der Waals surface area (Å²) in [5, 5.41) is 5.31. The van der Waals surface area contributed by atoms with Gasteiger partial charge in [0.25, 0.3) is 0 Å². The summed E-state index contributed by atoms with van der Waals surface area (Å²) in [5.41, 5.74) is 5.65. The first-order valence-electron chi connectivity index (χ1n) is 7.76. The topological polar surface area (TPSA) is 39.2 Å². The molecule has 110 valence electrons. The Kier molecular flexibility index (Phi) is 6.40. The monoisotopic (exact) mass is 343 g/mol. The van der Waals surface area contributed by atoms with E-state index in [9.17, 15) is 0 Å². The number of hydrogen-bond donors (Lipinski definition) is 1. The molecule has 0 aliphatic rings. The summed E-state index contributed by atoms with van der Waals surface area (Å²) >= 11 is -1.91. The standard InChI is InChI=1S/C15H31GeNOSi/c1-6-16(7-2,8-3)14-10-11-15(18-14)19(4,5)13-9-12-17/h10-11H,6-9,12-13,17H2,1-5H3. The average molecular weight is 342 g/mol. The third-order valence-electron chi connectivity index (χ3n) is 4.83. The van der Waals surface area contributed by atoms with E-state index in [4.69, 9.17) is 10.2 Å². The first kappa shape index (κ1) is 17.1. The van der Waals surface area contributed by atoms with E-state index in [2.05, 4.69) is 46.0 Å². The van der Waals surface area contributed by atoms with Crippen LogP contribution in [0.5, 0.6) is 0 Å². The first-order chi connectivity index (χ1) is 8.95. The van der Waals surface area contributed by atoms with E-state index in [-0.39, 0.29) is 0 Å². The molecule has 1 aromatic rings. The zero-order valence-electron chi connectivity index (χ0n) is 13.4. The Balaban J connectivity index is 2.98. The Morgan fingerprint density at radius 3 is 2.16 bits per heavy atom. The molecule has 1 heterocycles. The van der Waals surface area contributed by atoms with Crippen molar-refractivity contribution >= 4 is 31.3 Å². The average Bonchev–Trinajstić information content (AvgIpc) is 2.90. The van der Waals surface area contributed by atoms with Gasteiger partial charge in [-0.2, -0.15) is 0 Å². The van der Waals surface area contributed by atoms with Crippen LogP contribution < -0.4 is 15.7 Å². The molecule has 0 atom stereocenters. The predicted molar refractivity (Wildman–Crippen MR) is 91.1 cm³/mol. The van der Waals surface area contributed by atoms with Crippen LogP contribution in [-0.4, -0.2) is 27.9 Å². The Morgan fingerprint density at radius 1 is 1.11 bits per heavy atom. The molecule has 0 bridgehead atoms. The van der Waals surface area contributed by atoms with Crippen LogP contribution in [0.3, 0.4) is 0 Å². The van der Waals surface area contributed by atoms with Crippen LogP contribution >= 0.6 is 0 Å². The van der Waals surface area contributed by atoms with E-state index in [0.29, 0.717) is 0 Å². The molecule has 0 aliphatic carbocycles. The van der Waals surface area contributed by atoms with Crippen molar-refractivity contribution in [2.45, 2.75) is 62.1 Å². The molecule has 2 nitrogen and oxygen atoms in total. The van der Waals surface area contributed by atoms with Gasteiger partial charge in [-0.15, -0.1) is 0 Å². The first-order valence-corrected chi connectivity index (χ1v) is 16.5. The van der Waals surface area contributed by atoms with Crippen LogP contribution in [0.2, 0.25) is 34.9 Å². The van der Waals surface area contributed by atoms with Crippen molar-refractivity contribution in [1.29, 1.82) is 0 Å². The van der Waals surface area contributed by atoms with Crippen LogP contribution in [0.4, 0.5) is 0 Å². The van der Waals surface area contributed by atoms with Crippen molar-refractivity contribution in [3.8, 4) is 0 Å². The van der Waals surface area contributed by atoms with E-state index in [1.165, 1.54) is 31.8 Å². The second kappa shape index (κ2) is 7.14. The van der Waals surface area contributed by atoms with Gasteiger partial charge in [-0.05, 0) is 0 Å². The minimum atomic E-state index is -1.91. The van der Waals surface area contributed by atoms with Crippen molar-refractivity contribution in [2.24, 2.45) is 5.73 Å². The SMILES string of the molecule is C[CH2][Ge]([CH2]C)([CH2]C)[c]1ccc([Si](C)(C)CCCN)o1. The van der Waals surface area contributed by atoms with Gasteiger partial charge >= 0.3 is 122 Å². The van der Waals surface area contributed by atoms with E-state index in [1.807, 2.05) is 0 Å². The number of hydrogen-bond acceptors (Lipinski definition) is 2. The van der Waals surface area contributed by atoms with Gasteiger partial charge in [-0.1, -0.05) is 0 Å². The van der Waals surface area contributed by atoms with Gasteiger partial charge in [-0.25, -0.2) is 0 Å². The fourth-order valence-electron chi connectivity index (χ4n) is 2.93. The van der Waals surface area contributed by atoms with Crippen molar-refractivity contribution in [3.05, 3.63) is 12.1 Å². The van der Waals surface area contributed by atoms with Crippen molar-refractivity contribution < 1.29 is 4.42 Å². The molecule has 0 spiro atoms. The second-order valence-electron chi connectivity index (χ2n) is 6.28. The van der Waals surface area contributed by atoms with Gasteiger partial charge in [0.15, 0.2) is 0 Å². The molecule has 4 heteroatoms. The van der Waals surface area contributed by atoms with Gasteiger partial charge in [0.05, 0.1) is 0 Å². The summed E-state index contributed by atoms with van der Waals surface area (Å²) in [7, 11) is -1.41. The van der Waals surface area contributed by atoms with E-state index in [0.717, 1.165) is 13.0 Å². The van der Waals surface area contributed by atoms with Crippen LogP contribution in [0, 0.1) is 0 Å². The predicted octanol–water partition coefficient (Wildman–Crippen LogP) is 3.26. The van der Waals surface area contributed by atoms with Gasteiger partial charge in [0.1, 0.15) is 0 Å². The molecule has 1 aromatic heterocycles. The number of rotatable bonds is 8. The molecule has 19 heavy (non-hydrogen) atoms. The Labute approximate surface area is 122 Å². The number of furan rings is 1. The molecule has 0 radical (unpaired) electrons. The molecule has 0 saturated carbocycles. The maximum atomic E-state index is 6.39. The van der Waals surface area contributed by atoms with Crippen LogP contribution in [0.15, 0.2) is 16.5 Å². The minimum absolute atomic E-state index is 0.796. The quantitative estimate of drug-likeness (QED) is 0.737. The van der Waals surface area contributed by atoms with Crippen molar-refractivity contribution in [1.82, 2.24) is 0 Å². The van der Waals surface area contributed by atoms with E-state index >= 15 is 0 Å². The van der Waals surface area contributed by atoms with Crippen LogP contribution in [-0.2, 0) is 0 Å². The molecular weight excluding hydrogens is 311 g/mol. The summed E-state index contributed by atoms with van der Waals surface area (Å²) in [4.78, 5) is 0. The molecule has 1 rings (SSSR count). The third kappa shape index (κ3) is 3.76. The van der Waals surface area contributed by atoms with Crippen molar-refractivity contribution in [2.75, 3.05) is 6.54 Å². The zero-order valence-corrected chi connectivity index (χ0v) is 16.5. The fourth-order valence-corrected chi connectivity index (χ4v) is 12.3. The Bertz CT molecular complexity index is 377. The second-order valence-corrected chi connectivity index (χ2v) is 21.9. The maximum absolute atomic E-state index is 6.39. The summed E-state index contributed by atoms with van der Waals surface area (Å²) in [6.07, 6.45) is 1.12. The van der Waals surface area contributed by atoms with E-state index < -0.39 is 21.3 Å². The third-order valence-corrected chi connectivity index (χ3v) is 19.3. The van der Waals surface area contributed by atoms with Gasteiger partial charge in [-0.3, -0.25) is 0 Å². The summed E-state index contributed by atoms with van der Waals surface area (Å²) < 4.78 is 7.77. The summed E-state index contributed by atoms with van der Waals surface area (Å²) in [5.74, 6) is 0. The van der Waals surface area contributed by atoms with Gasteiger partial charge in [0, 0.05) is 0 Å². The van der Waals surface area contributed by atoms with Crippen LogP contribution in [0.1, 0.15) is 27.2 Å². The van der Waals surface area contributed by atoms with Crippen LogP contribution in [0.25, 0.3) is 0 Å². The van der Waals surface area contributed by atoms with Gasteiger partial charge in [0.2, 0.25) is 0 Å². The summed E-state index contributed by atoms with van der Waals surface area (Å²) in [6.45, 7) is 12.7. The molecule has 0 fully saturated rings. The normalized spacial score (nSPS) is 12.9.